The van der Waals surface area contributed by atoms with E-state index in [1.54, 1.807) is 0 Å². The van der Waals surface area contributed by atoms with E-state index >= 15 is 0 Å². The van der Waals surface area contributed by atoms with Crippen molar-refractivity contribution in [1.29, 1.82) is 0 Å². The lowest BCUT2D eigenvalue weighted by molar-refractivity contribution is 0.281. The summed E-state index contributed by atoms with van der Waals surface area (Å²) in [4.78, 5) is 13.8. The zero-order chi connectivity index (χ0) is 19.6. The number of hydrogen-bond donors (Lipinski definition) is 1. The molecule has 3 rings (SSSR count). The average molecular weight is 509 g/mol. The fourth-order valence-corrected chi connectivity index (χ4v) is 3.24. The lowest BCUT2D eigenvalue weighted by atomic mass is 10.2. The van der Waals surface area contributed by atoms with Gasteiger partial charge in [0.15, 0.2) is 5.96 Å². The molecule has 0 saturated carbocycles. The second kappa shape index (κ2) is 12.5. The zero-order valence-corrected chi connectivity index (χ0v) is 19.7. The minimum atomic E-state index is 0. The molecule has 0 unspecified atom stereocenters. The van der Waals surface area contributed by atoms with Gasteiger partial charge >= 0.3 is 0 Å². The van der Waals surface area contributed by atoms with Gasteiger partial charge in [-0.25, -0.2) is 9.98 Å². The molecule has 1 aliphatic rings. The van der Waals surface area contributed by atoms with Crippen LogP contribution in [0.1, 0.15) is 25.3 Å². The average Bonchev–Trinajstić information content (AvgIpc) is 3.27. The predicted molar refractivity (Wildman–Crippen MR) is 130 cm³/mol. The number of nitrogens with one attached hydrogen (secondary N) is 1. The Morgan fingerprint density at radius 1 is 1.21 bits per heavy atom. The third-order valence-corrected chi connectivity index (χ3v) is 4.79. The van der Waals surface area contributed by atoms with Crippen molar-refractivity contribution in [3.63, 3.8) is 0 Å². The number of pyridine rings is 1. The van der Waals surface area contributed by atoms with Crippen molar-refractivity contribution in [2.24, 2.45) is 4.99 Å². The first-order valence-corrected chi connectivity index (χ1v) is 10.1. The van der Waals surface area contributed by atoms with E-state index in [0.29, 0.717) is 13.2 Å². The van der Waals surface area contributed by atoms with Gasteiger partial charge < -0.3 is 19.9 Å². The number of aliphatic imine (C=N–C) groups is 1. The van der Waals surface area contributed by atoms with Gasteiger partial charge in [0, 0.05) is 32.9 Å². The Bertz CT molecular complexity index is 750. The standard InChI is InChI=1S/C22H31N5O.HI/c1-3-23-22(26(2)15-16-28-20-9-5-4-6-10-20)25-18-19-11-12-24-21(17-19)27-13-7-8-14-27;/h4-6,9-12,17H,3,7-8,13-16,18H2,1-2H3,(H,23,25);1H. The van der Waals surface area contributed by atoms with E-state index in [0.717, 1.165) is 43.7 Å². The van der Waals surface area contributed by atoms with Crippen LogP contribution in [-0.2, 0) is 6.54 Å². The van der Waals surface area contributed by atoms with Crippen LogP contribution in [0.5, 0.6) is 5.75 Å². The molecule has 1 fully saturated rings. The molecule has 1 aromatic heterocycles. The van der Waals surface area contributed by atoms with Crippen molar-refractivity contribution in [3.05, 3.63) is 54.2 Å². The van der Waals surface area contributed by atoms with E-state index in [-0.39, 0.29) is 24.0 Å². The SMILES string of the molecule is CCNC(=NCc1ccnc(N2CCCC2)c1)N(C)CCOc1ccccc1.I. The number of likely N-dealkylation sites (N-methyl/N-ethyl adjacent to an activating group) is 1. The van der Waals surface area contributed by atoms with Gasteiger partial charge in [0.25, 0.3) is 0 Å². The molecule has 0 radical (unpaired) electrons. The van der Waals surface area contributed by atoms with Gasteiger partial charge in [0.2, 0.25) is 0 Å². The third-order valence-electron chi connectivity index (χ3n) is 4.79. The number of halogens is 1. The third kappa shape index (κ3) is 7.38. The smallest absolute Gasteiger partial charge is 0.194 e. The van der Waals surface area contributed by atoms with Gasteiger partial charge in [-0.3, -0.25) is 0 Å². The molecule has 0 amide bonds. The number of guanidine groups is 1. The van der Waals surface area contributed by atoms with Crippen LogP contribution in [-0.4, -0.2) is 55.7 Å². The highest BCUT2D eigenvalue weighted by molar-refractivity contribution is 14.0. The summed E-state index contributed by atoms with van der Waals surface area (Å²) in [6.45, 7) is 7.13. The number of ether oxygens (including phenoxy) is 1. The van der Waals surface area contributed by atoms with E-state index in [4.69, 9.17) is 9.73 Å². The molecule has 0 bridgehead atoms. The minimum absolute atomic E-state index is 0. The van der Waals surface area contributed by atoms with Crippen LogP contribution in [0.4, 0.5) is 5.82 Å². The second-order valence-corrected chi connectivity index (χ2v) is 6.97. The van der Waals surface area contributed by atoms with Crippen LogP contribution in [0.15, 0.2) is 53.7 Å². The van der Waals surface area contributed by atoms with Crippen LogP contribution in [0.25, 0.3) is 0 Å². The van der Waals surface area contributed by atoms with Crippen LogP contribution in [0, 0.1) is 0 Å². The largest absolute Gasteiger partial charge is 0.492 e. The molecular formula is C22H32IN5O. The van der Waals surface area contributed by atoms with Crippen molar-refractivity contribution in [2.75, 3.05) is 44.7 Å². The predicted octanol–water partition coefficient (Wildman–Crippen LogP) is 3.78. The first-order valence-electron chi connectivity index (χ1n) is 10.1. The molecule has 158 valence electrons. The van der Waals surface area contributed by atoms with Crippen LogP contribution in [0.3, 0.4) is 0 Å². The van der Waals surface area contributed by atoms with Gasteiger partial charge in [-0.15, -0.1) is 24.0 Å². The number of benzene rings is 1. The lowest BCUT2D eigenvalue weighted by Gasteiger charge is -2.22. The van der Waals surface area contributed by atoms with Crippen molar-refractivity contribution in [2.45, 2.75) is 26.3 Å². The summed E-state index contributed by atoms with van der Waals surface area (Å²) < 4.78 is 5.80. The van der Waals surface area contributed by atoms with E-state index in [2.05, 4.69) is 33.1 Å². The molecule has 6 nitrogen and oxygen atoms in total. The molecular weight excluding hydrogens is 477 g/mol. The van der Waals surface area contributed by atoms with Crippen molar-refractivity contribution in [1.82, 2.24) is 15.2 Å². The number of aromatic nitrogens is 1. The van der Waals surface area contributed by atoms with Crippen LogP contribution in [0.2, 0.25) is 0 Å². The lowest BCUT2D eigenvalue weighted by Crippen LogP contribution is -2.40. The maximum atomic E-state index is 5.80. The maximum absolute atomic E-state index is 5.80. The molecule has 2 heterocycles. The van der Waals surface area contributed by atoms with E-state index in [1.165, 1.54) is 18.4 Å². The number of hydrogen-bond acceptors (Lipinski definition) is 4. The van der Waals surface area contributed by atoms with Gasteiger partial charge in [0.05, 0.1) is 13.1 Å². The van der Waals surface area contributed by atoms with Gasteiger partial charge in [-0.2, -0.15) is 0 Å². The number of para-hydroxylation sites is 1. The summed E-state index contributed by atoms with van der Waals surface area (Å²) in [6, 6.07) is 14.1. The molecule has 1 N–H and O–H groups in total. The summed E-state index contributed by atoms with van der Waals surface area (Å²) in [5.41, 5.74) is 1.18. The van der Waals surface area contributed by atoms with Crippen LogP contribution >= 0.6 is 24.0 Å². The molecule has 0 atom stereocenters. The molecule has 2 aromatic rings. The molecule has 1 aromatic carbocycles. The Labute approximate surface area is 191 Å². The monoisotopic (exact) mass is 509 g/mol. The Morgan fingerprint density at radius 2 is 1.97 bits per heavy atom. The van der Waals surface area contributed by atoms with Crippen LogP contribution < -0.4 is 15.0 Å². The Kier molecular flexibility index (Phi) is 10.0. The molecule has 29 heavy (non-hydrogen) atoms. The Hall–Kier alpha value is -2.03. The van der Waals surface area contributed by atoms with Crippen molar-refractivity contribution in [3.8, 4) is 5.75 Å². The van der Waals surface area contributed by atoms with Crippen molar-refractivity contribution >= 4 is 35.8 Å². The summed E-state index contributed by atoms with van der Waals surface area (Å²) in [6.07, 6.45) is 4.40. The zero-order valence-electron chi connectivity index (χ0n) is 17.4. The fourth-order valence-electron chi connectivity index (χ4n) is 3.24. The molecule has 0 aliphatic carbocycles. The number of rotatable bonds is 8. The van der Waals surface area contributed by atoms with Gasteiger partial charge in [-0.05, 0) is 49.6 Å². The first kappa shape index (κ1) is 23.3. The minimum Gasteiger partial charge on any atom is -0.492 e. The van der Waals surface area contributed by atoms with E-state index in [9.17, 15) is 0 Å². The molecule has 1 aliphatic heterocycles. The molecule has 7 heteroatoms. The summed E-state index contributed by atoms with van der Waals surface area (Å²) >= 11 is 0. The highest BCUT2D eigenvalue weighted by Gasteiger charge is 2.13. The molecule has 0 spiro atoms. The normalized spacial score (nSPS) is 13.7. The maximum Gasteiger partial charge on any atom is 0.194 e. The number of anilines is 1. The second-order valence-electron chi connectivity index (χ2n) is 6.97. The van der Waals surface area contributed by atoms with Gasteiger partial charge in [0.1, 0.15) is 18.2 Å². The Balaban J connectivity index is 0.00000300. The van der Waals surface area contributed by atoms with E-state index < -0.39 is 0 Å². The first-order chi connectivity index (χ1) is 13.8. The quantitative estimate of drug-likeness (QED) is 0.334. The molecule has 1 saturated heterocycles. The van der Waals surface area contributed by atoms with E-state index in [1.807, 2.05) is 49.6 Å². The fraction of sp³-hybridized carbons (Fsp3) is 0.455. The summed E-state index contributed by atoms with van der Waals surface area (Å²) in [5.74, 6) is 2.85. The Morgan fingerprint density at radius 3 is 2.69 bits per heavy atom. The van der Waals surface area contributed by atoms with Gasteiger partial charge in [-0.1, -0.05) is 18.2 Å². The van der Waals surface area contributed by atoms with Crippen molar-refractivity contribution < 1.29 is 4.74 Å². The number of nitrogens with zero attached hydrogens (tertiary/aromatic N) is 4. The summed E-state index contributed by atoms with van der Waals surface area (Å²) in [7, 11) is 2.04. The topological polar surface area (TPSA) is 53.0 Å². The highest BCUT2D eigenvalue weighted by atomic mass is 127. The highest BCUT2D eigenvalue weighted by Crippen LogP contribution is 2.18. The summed E-state index contributed by atoms with van der Waals surface area (Å²) in [5, 5.41) is 3.37.